The van der Waals surface area contributed by atoms with Crippen molar-refractivity contribution in [1.82, 2.24) is 5.32 Å². The summed E-state index contributed by atoms with van der Waals surface area (Å²) in [5.74, 6) is -1.45. The molecule has 9 heteroatoms. The number of rotatable bonds is 7. The Labute approximate surface area is 226 Å². The first kappa shape index (κ1) is 25.8. The number of thiocarbonyl (C=S) groups is 1. The minimum absolute atomic E-state index is 0.0461. The number of nitrogens with one attached hydrogen (secondary N) is 1. The van der Waals surface area contributed by atoms with Gasteiger partial charge in [-0.15, -0.1) is 6.58 Å². The number of ether oxygens (including phenoxy) is 1. The molecular formula is C27H19BrClFN2O3S. The Bertz CT molecular complexity index is 1430. The molecule has 1 heterocycles. The summed E-state index contributed by atoms with van der Waals surface area (Å²) in [6.07, 6.45) is 3.62. The molecule has 1 aliphatic heterocycles. The third-order valence-corrected chi connectivity index (χ3v) is 6.59. The van der Waals surface area contributed by atoms with E-state index in [1.807, 2.05) is 18.2 Å². The van der Waals surface area contributed by atoms with Crippen LogP contribution in [-0.2, 0) is 22.6 Å². The van der Waals surface area contributed by atoms with Crippen LogP contribution in [0.2, 0.25) is 5.02 Å². The van der Waals surface area contributed by atoms with Crippen LogP contribution in [-0.4, -0.2) is 16.9 Å². The van der Waals surface area contributed by atoms with Gasteiger partial charge in [0.05, 0.1) is 10.2 Å². The molecule has 0 saturated carbocycles. The molecule has 182 valence electrons. The van der Waals surface area contributed by atoms with Gasteiger partial charge in [-0.25, -0.2) is 9.29 Å². The van der Waals surface area contributed by atoms with Crippen LogP contribution in [0.25, 0.3) is 6.08 Å². The fourth-order valence-corrected chi connectivity index (χ4v) is 4.76. The second-order valence-electron chi connectivity index (χ2n) is 7.77. The van der Waals surface area contributed by atoms with Crippen LogP contribution in [0.5, 0.6) is 5.75 Å². The molecule has 0 aliphatic carbocycles. The van der Waals surface area contributed by atoms with E-state index in [0.29, 0.717) is 27.2 Å². The number of hydrogen-bond donors (Lipinski definition) is 1. The second kappa shape index (κ2) is 11.2. The average Bonchev–Trinajstić information content (AvgIpc) is 2.83. The Morgan fingerprint density at radius 2 is 1.83 bits per heavy atom. The van der Waals surface area contributed by atoms with Crippen molar-refractivity contribution in [2.24, 2.45) is 0 Å². The quantitative estimate of drug-likeness (QED) is 0.151. The highest BCUT2D eigenvalue weighted by molar-refractivity contribution is 9.10. The van der Waals surface area contributed by atoms with Crippen molar-refractivity contribution in [2.45, 2.75) is 13.0 Å². The van der Waals surface area contributed by atoms with Crippen LogP contribution in [0.3, 0.4) is 0 Å². The molecule has 1 aliphatic rings. The molecule has 0 spiro atoms. The lowest BCUT2D eigenvalue weighted by atomic mass is 10.0. The van der Waals surface area contributed by atoms with Crippen LogP contribution < -0.4 is 15.0 Å². The lowest BCUT2D eigenvalue weighted by Crippen LogP contribution is -2.54. The number of halogens is 3. The molecule has 1 fully saturated rings. The third kappa shape index (κ3) is 5.41. The summed E-state index contributed by atoms with van der Waals surface area (Å²) in [7, 11) is 0. The molecule has 36 heavy (non-hydrogen) atoms. The lowest BCUT2D eigenvalue weighted by molar-refractivity contribution is -0.122. The van der Waals surface area contributed by atoms with Crippen LogP contribution in [0.1, 0.15) is 16.7 Å². The van der Waals surface area contributed by atoms with E-state index in [4.69, 9.17) is 28.6 Å². The van der Waals surface area contributed by atoms with Gasteiger partial charge in [-0.2, -0.15) is 0 Å². The highest BCUT2D eigenvalue weighted by Gasteiger charge is 2.35. The van der Waals surface area contributed by atoms with Crippen LogP contribution in [0.15, 0.2) is 83.4 Å². The number of benzene rings is 3. The Hall–Kier alpha value is -3.33. The van der Waals surface area contributed by atoms with E-state index < -0.39 is 17.6 Å². The zero-order valence-corrected chi connectivity index (χ0v) is 21.9. The number of amides is 2. The largest absolute Gasteiger partial charge is 0.487 e. The first-order chi connectivity index (χ1) is 17.3. The minimum atomic E-state index is -0.728. The topological polar surface area (TPSA) is 58.6 Å². The first-order valence-electron chi connectivity index (χ1n) is 10.8. The van der Waals surface area contributed by atoms with Crippen molar-refractivity contribution in [3.05, 3.63) is 111 Å². The van der Waals surface area contributed by atoms with Gasteiger partial charge in [0.1, 0.15) is 23.7 Å². The Morgan fingerprint density at radius 3 is 2.56 bits per heavy atom. The molecular weight excluding hydrogens is 567 g/mol. The summed E-state index contributed by atoms with van der Waals surface area (Å²) in [5, 5.41) is 2.87. The summed E-state index contributed by atoms with van der Waals surface area (Å²) in [6, 6.07) is 16.6. The van der Waals surface area contributed by atoms with Crippen molar-refractivity contribution in [3.63, 3.8) is 0 Å². The van der Waals surface area contributed by atoms with Crippen molar-refractivity contribution in [2.75, 3.05) is 4.90 Å². The molecule has 3 aromatic rings. The number of allylic oxidation sites excluding steroid dienone is 1. The standard InChI is InChI=1S/C27H19BrClFN2O3S/c1-2-7-17-12-16(14-20(28)24(17)35-15-18-8-3-4-9-21(18)29)13-19-25(33)31-27(36)32(26(19)34)23-11-6-5-10-22(23)30/h2-6,8-14H,1,7,15H2,(H,31,33,36)/b19-13+. The Kier molecular flexibility index (Phi) is 7.98. The number of anilines is 1. The van der Waals surface area contributed by atoms with E-state index in [-0.39, 0.29) is 23.0 Å². The highest BCUT2D eigenvalue weighted by atomic mass is 79.9. The van der Waals surface area contributed by atoms with Crippen molar-refractivity contribution < 1.29 is 18.7 Å². The number of hydrogen-bond acceptors (Lipinski definition) is 4. The van der Waals surface area contributed by atoms with Crippen LogP contribution >= 0.6 is 39.7 Å². The number of carbonyl (C=O) groups is 2. The fourth-order valence-electron chi connectivity index (χ4n) is 3.67. The van der Waals surface area contributed by atoms with Gasteiger partial charge in [0.15, 0.2) is 5.11 Å². The Morgan fingerprint density at radius 1 is 1.11 bits per heavy atom. The fraction of sp³-hybridized carbons (Fsp3) is 0.0741. The number of para-hydroxylation sites is 1. The van der Waals surface area contributed by atoms with E-state index >= 15 is 0 Å². The zero-order valence-electron chi connectivity index (χ0n) is 18.8. The molecule has 4 rings (SSSR count). The molecule has 1 N–H and O–H groups in total. The molecule has 0 bridgehead atoms. The van der Waals surface area contributed by atoms with Gasteiger partial charge in [-0.1, -0.05) is 48.0 Å². The van der Waals surface area contributed by atoms with Gasteiger partial charge in [0.25, 0.3) is 11.8 Å². The maximum absolute atomic E-state index is 14.4. The maximum Gasteiger partial charge on any atom is 0.270 e. The van der Waals surface area contributed by atoms with Gasteiger partial charge < -0.3 is 4.74 Å². The van der Waals surface area contributed by atoms with E-state index in [0.717, 1.165) is 16.0 Å². The molecule has 0 aromatic heterocycles. The Balaban J connectivity index is 1.69. The monoisotopic (exact) mass is 584 g/mol. The van der Waals surface area contributed by atoms with Gasteiger partial charge >= 0.3 is 0 Å². The number of carbonyl (C=O) groups excluding carboxylic acids is 2. The van der Waals surface area contributed by atoms with Gasteiger partial charge in [-0.3, -0.25) is 14.9 Å². The first-order valence-corrected chi connectivity index (χ1v) is 12.3. The molecule has 0 radical (unpaired) electrons. The second-order valence-corrected chi connectivity index (χ2v) is 9.42. The molecule has 5 nitrogen and oxygen atoms in total. The van der Waals surface area contributed by atoms with E-state index in [1.54, 1.807) is 30.3 Å². The van der Waals surface area contributed by atoms with E-state index in [9.17, 15) is 14.0 Å². The van der Waals surface area contributed by atoms with Crippen LogP contribution in [0, 0.1) is 5.82 Å². The molecule has 0 unspecified atom stereocenters. The third-order valence-electron chi connectivity index (χ3n) is 5.34. The van der Waals surface area contributed by atoms with Crippen molar-refractivity contribution in [3.8, 4) is 5.75 Å². The minimum Gasteiger partial charge on any atom is -0.487 e. The van der Waals surface area contributed by atoms with E-state index in [2.05, 4.69) is 27.8 Å². The van der Waals surface area contributed by atoms with Gasteiger partial charge in [-0.05, 0) is 82.1 Å². The maximum atomic E-state index is 14.4. The smallest absolute Gasteiger partial charge is 0.270 e. The molecule has 2 amide bonds. The van der Waals surface area contributed by atoms with Crippen LogP contribution in [0.4, 0.5) is 10.1 Å². The predicted molar refractivity (Wildman–Crippen MR) is 146 cm³/mol. The van der Waals surface area contributed by atoms with Crippen molar-refractivity contribution >= 4 is 68.4 Å². The highest BCUT2D eigenvalue weighted by Crippen LogP contribution is 2.34. The normalized spacial score (nSPS) is 14.7. The summed E-state index contributed by atoms with van der Waals surface area (Å²) in [5.41, 5.74) is 1.94. The molecule has 0 atom stereocenters. The summed E-state index contributed by atoms with van der Waals surface area (Å²) < 4.78 is 21.1. The zero-order chi connectivity index (χ0) is 25.8. The van der Waals surface area contributed by atoms with E-state index in [1.165, 1.54) is 24.3 Å². The lowest BCUT2D eigenvalue weighted by Gasteiger charge is -2.29. The summed E-state index contributed by atoms with van der Waals surface area (Å²) in [4.78, 5) is 26.9. The summed E-state index contributed by atoms with van der Waals surface area (Å²) >= 11 is 14.9. The van der Waals surface area contributed by atoms with Gasteiger partial charge in [0, 0.05) is 10.6 Å². The van der Waals surface area contributed by atoms with Gasteiger partial charge in [0.2, 0.25) is 0 Å². The SMILES string of the molecule is C=CCc1cc(/C=C2\C(=O)NC(=S)N(c3ccccc3F)C2=O)cc(Br)c1OCc1ccccc1Cl. The predicted octanol–water partition coefficient (Wildman–Crippen LogP) is 6.38. The molecule has 1 saturated heterocycles. The number of nitrogens with zero attached hydrogens (tertiary/aromatic N) is 1. The molecule has 3 aromatic carbocycles. The average molecular weight is 586 g/mol. The summed E-state index contributed by atoms with van der Waals surface area (Å²) in [6.45, 7) is 4.06. The van der Waals surface area contributed by atoms with Crippen molar-refractivity contribution in [1.29, 1.82) is 0 Å².